The van der Waals surface area contributed by atoms with Crippen LogP contribution >= 0.6 is 11.6 Å². The van der Waals surface area contributed by atoms with Crippen LogP contribution in [0.5, 0.6) is 0 Å². The Hall–Kier alpha value is -2.81. The van der Waals surface area contributed by atoms with Crippen molar-refractivity contribution in [2.24, 2.45) is 0 Å². The van der Waals surface area contributed by atoms with E-state index in [1.807, 2.05) is 18.2 Å². The maximum Gasteiger partial charge on any atom is 0.414 e. The monoisotopic (exact) mass is 466 g/mol. The van der Waals surface area contributed by atoms with Crippen LogP contribution in [-0.2, 0) is 22.4 Å². The standard InChI is InChI=1S/C22H22ClF3N4O2/c1-30(21(32)18-6-7-19(31)29-18)20(22(24,25)26)17-5-4-15(11-27-17)28-16-9-12-2-3-14(23)8-13(12)10-16/h2-5,8,11,16,18,20,28H,6-7,9-10H2,1H3,(H,29,31)/t16-,18+,20-/m0/s1. The summed E-state index contributed by atoms with van der Waals surface area (Å²) in [6.45, 7) is 0. The number of halogens is 4. The third kappa shape index (κ3) is 4.67. The zero-order chi connectivity index (χ0) is 23.0. The number of alkyl halides is 3. The Kier molecular flexibility index (Phi) is 6.03. The highest BCUT2D eigenvalue weighted by atomic mass is 35.5. The summed E-state index contributed by atoms with van der Waals surface area (Å²) >= 11 is 6.04. The van der Waals surface area contributed by atoms with Gasteiger partial charge in [0, 0.05) is 24.5 Å². The fraction of sp³-hybridized carbons (Fsp3) is 0.409. The van der Waals surface area contributed by atoms with Crippen molar-refractivity contribution in [2.45, 2.75) is 50.0 Å². The number of aromatic nitrogens is 1. The highest BCUT2D eigenvalue weighted by Gasteiger charge is 2.47. The van der Waals surface area contributed by atoms with E-state index in [1.165, 1.54) is 23.9 Å². The van der Waals surface area contributed by atoms with Crippen LogP contribution in [0.3, 0.4) is 0 Å². The number of benzene rings is 1. The number of nitrogens with one attached hydrogen (secondary N) is 2. The average Bonchev–Trinajstić information content (AvgIpc) is 3.33. The quantitative estimate of drug-likeness (QED) is 0.705. The van der Waals surface area contributed by atoms with Gasteiger partial charge in [-0.05, 0) is 54.7 Å². The molecule has 0 radical (unpaired) electrons. The number of carbonyl (C=O) groups excluding carboxylic acids is 2. The number of rotatable bonds is 5. The molecule has 0 bridgehead atoms. The Balaban J connectivity index is 1.47. The van der Waals surface area contributed by atoms with Gasteiger partial charge in [-0.2, -0.15) is 13.2 Å². The van der Waals surface area contributed by atoms with Crippen LogP contribution in [0.15, 0.2) is 36.5 Å². The van der Waals surface area contributed by atoms with Gasteiger partial charge in [0.2, 0.25) is 11.8 Å². The lowest BCUT2D eigenvalue weighted by Gasteiger charge is -2.31. The first-order valence-corrected chi connectivity index (χ1v) is 10.6. The van der Waals surface area contributed by atoms with Gasteiger partial charge in [-0.25, -0.2) is 0 Å². The second-order valence-corrected chi connectivity index (χ2v) is 8.62. The lowest BCUT2D eigenvalue weighted by molar-refractivity contribution is -0.190. The number of amides is 2. The molecule has 170 valence electrons. The molecule has 32 heavy (non-hydrogen) atoms. The first kappa shape index (κ1) is 22.4. The van der Waals surface area contributed by atoms with Crippen LogP contribution in [0, 0.1) is 0 Å². The zero-order valence-electron chi connectivity index (χ0n) is 17.2. The minimum atomic E-state index is -4.72. The molecule has 0 saturated carbocycles. The van der Waals surface area contributed by atoms with Crippen molar-refractivity contribution in [3.63, 3.8) is 0 Å². The Bertz CT molecular complexity index is 1030. The highest BCUT2D eigenvalue weighted by Crippen LogP contribution is 2.37. The molecule has 1 aromatic carbocycles. The number of pyridine rings is 1. The Morgan fingerprint density at radius 2 is 2.00 bits per heavy atom. The molecule has 1 saturated heterocycles. The Labute approximate surface area is 188 Å². The van der Waals surface area contributed by atoms with Gasteiger partial charge in [-0.1, -0.05) is 17.7 Å². The Morgan fingerprint density at radius 1 is 1.25 bits per heavy atom. The van der Waals surface area contributed by atoms with Gasteiger partial charge in [0.15, 0.2) is 6.04 Å². The first-order valence-electron chi connectivity index (χ1n) is 10.2. The number of anilines is 1. The largest absolute Gasteiger partial charge is 0.414 e. The van der Waals surface area contributed by atoms with Gasteiger partial charge in [0.1, 0.15) is 6.04 Å². The summed E-state index contributed by atoms with van der Waals surface area (Å²) in [4.78, 5) is 28.5. The van der Waals surface area contributed by atoms with E-state index in [0.29, 0.717) is 15.6 Å². The molecule has 1 aliphatic heterocycles. The molecule has 6 nitrogen and oxygen atoms in total. The number of likely N-dealkylation sites (N-methyl/N-ethyl adjacent to an activating group) is 1. The van der Waals surface area contributed by atoms with Crippen LogP contribution in [0.1, 0.15) is 35.7 Å². The van der Waals surface area contributed by atoms with Crippen LogP contribution in [-0.4, -0.2) is 47.0 Å². The average molecular weight is 467 g/mol. The number of hydrogen-bond acceptors (Lipinski definition) is 4. The van der Waals surface area contributed by atoms with E-state index in [-0.39, 0.29) is 30.5 Å². The van der Waals surface area contributed by atoms with Gasteiger partial charge < -0.3 is 15.5 Å². The van der Waals surface area contributed by atoms with Gasteiger partial charge in [0.05, 0.1) is 17.6 Å². The van der Waals surface area contributed by atoms with Crippen molar-refractivity contribution in [2.75, 3.05) is 12.4 Å². The minimum Gasteiger partial charge on any atom is -0.380 e. The normalized spacial score (nSPS) is 21.1. The van der Waals surface area contributed by atoms with Crippen molar-refractivity contribution < 1.29 is 22.8 Å². The van der Waals surface area contributed by atoms with Crippen molar-refractivity contribution in [3.05, 3.63) is 58.4 Å². The van der Waals surface area contributed by atoms with Crippen molar-refractivity contribution in [1.82, 2.24) is 15.2 Å². The number of carbonyl (C=O) groups is 2. The van der Waals surface area contributed by atoms with E-state index in [4.69, 9.17) is 11.6 Å². The van der Waals surface area contributed by atoms with E-state index >= 15 is 0 Å². The predicted molar refractivity (Wildman–Crippen MR) is 113 cm³/mol. The minimum absolute atomic E-state index is 0.0877. The maximum atomic E-state index is 13.8. The second-order valence-electron chi connectivity index (χ2n) is 8.19. The summed E-state index contributed by atoms with van der Waals surface area (Å²) in [6.07, 6.45) is -1.54. The molecule has 2 aromatic rings. The van der Waals surface area contributed by atoms with Crippen LogP contribution in [0.25, 0.3) is 0 Å². The van der Waals surface area contributed by atoms with Crippen LogP contribution in [0.4, 0.5) is 18.9 Å². The fourth-order valence-electron chi connectivity index (χ4n) is 4.33. The first-order chi connectivity index (χ1) is 15.1. The summed E-state index contributed by atoms with van der Waals surface area (Å²) < 4.78 is 41.5. The van der Waals surface area contributed by atoms with Crippen molar-refractivity contribution in [3.8, 4) is 0 Å². The second kappa shape index (κ2) is 8.61. The molecule has 1 aliphatic carbocycles. The summed E-state index contributed by atoms with van der Waals surface area (Å²) in [6, 6.07) is 5.48. The molecule has 0 unspecified atom stereocenters. The molecular formula is C22H22ClF3N4O2. The van der Waals surface area contributed by atoms with Gasteiger partial charge in [-0.15, -0.1) is 0 Å². The smallest absolute Gasteiger partial charge is 0.380 e. The third-order valence-corrected chi connectivity index (χ3v) is 6.11. The predicted octanol–water partition coefficient (Wildman–Crippen LogP) is 3.65. The van der Waals surface area contributed by atoms with Gasteiger partial charge in [0.25, 0.3) is 0 Å². The third-order valence-electron chi connectivity index (χ3n) is 5.88. The molecule has 1 fully saturated rings. The van der Waals surface area contributed by atoms with Gasteiger partial charge >= 0.3 is 6.18 Å². The molecule has 10 heteroatoms. The summed E-state index contributed by atoms with van der Waals surface area (Å²) in [5, 5.41) is 6.39. The molecule has 2 heterocycles. The van der Waals surface area contributed by atoms with Crippen molar-refractivity contribution in [1.29, 1.82) is 0 Å². The molecule has 1 aromatic heterocycles. The van der Waals surface area contributed by atoms with Crippen molar-refractivity contribution >= 4 is 29.1 Å². The van der Waals surface area contributed by atoms with Crippen LogP contribution < -0.4 is 10.6 Å². The summed E-state index contributed by atoms with van der Waals surface area (Å²) in [5.74, 6) is -1.13. The van der Waals surface area contributed by atoms with E-state index in [1.54, 1.807) is 0 Å². The molecule has 2 aliphatic rings. The molecular weight excluding hydrogens is 445 g/mol. The van der Waals surface area contributed by atoms with E-state index in [0.717, 1.165) is 25.5 Å². The van der Waals surface area contributed by atoms with E-state index in [2.05, 4.69) is 15.6 Å². The molecule has 2 amide bonds. The highest BCUT2D eigenvalue weighted by molar-refractivity contribution is 6.30. The Morgan fingerprint density at radius 3 is 2.62 bits per heavy atom. The molecule has 4 rings (SSSR count). The van der Waals surface area contributed by atoms with Crippen LogP contribution in [0.2, 0.25) is 5.02 Å². The zero-order valence-corrected chi connectivity index (χ0v) is 18.0. The molecule has 2 N–H and O–H groups in total. The fourth-order valence-corrected chi connectivity index (χ4v) is 4.53. The summed E-state index contributed by atoms with van der Waals surface area (Å²) in [5.41, 5.74) is 2.64. The summed E-state index contributed by atoms with van der Waals surface area (Å²) in [7, 11) is 1.08. The van der Waals surface area contributed by atoms with E-state index < -0.39 is 24.2 Å². The maximum absolute atomic E-state index is 13.8. The number of hydrogen-bond donors (Lipinski definition) is 2. The SMILES string of the molecule is CN(C(=O)[C@H]1CCC(=O)N1)[C@@H](c1ccc(N[C@H]2Cc3ccc(Cl)cc3C2)cn1)C(F)(F)F. The molecule has 0 spiro atoms. The topological polar surface area (TPSA) is 74.3 Å². The van der Waals surface area contributed by atoms with Gasteiger partial charge in [-0.3, -0.25) is 14.6 Å². The lowest BCUT2D eigenvalue weighted by atomic mass is 10.1. The number of nitrogens with zero attached hydrogens (tertiary/aromatic N) is 2. The van der Waals surface area contributed by atoms with E-state index in [9.17, 15) is 22.8 Å². The lowest BCUT2D eigenvalue weighted by Crippen LogP contribution is -2.47. The molecule has 3 atom stereocenters. The number of fused-ring (bicyclic) bond motifs is 1.